The van der Waals surface area contributed by atoms with E-state index in [1.807, 2.05) is 0 Å². The van der Waals surface area contributed by atoms with Gasteiger partial charge in [0.15, 0.2) is 11.5 Å². The zero-order valence-electron chi connectivity index (χ0n) is 10.6. The fourth-order valence-corrected chi connectivity index (χ4v) is 2.22. The van der Waals surface area contributed by atoms with Gasteiger partial charge in [-0.3, -0.25) is 4.98 Å². The monoisotopic (exact) mass is 280 g/mol. The average molecular weight is 280 g/mol. The molecule has 1 N–H and O–H groups in total. The lowest BCUT2D eigenvalue weighted by Crippen LogP contribution is -2.14. The van der Waals surface area contributed by atoms with Crippen molar-refractivity contribution < 1.29 is 13.2 Å². The third kappa shape index (κ3) is 2.14. The summed E-state index contributed by atoms with van der Waals surface area (Å²) >= 11 is 0. The number of fused-ring (bicyclic) bond motifs is 1. The molecule has 2 aromatic heterocycles. The van der Waals surface area contributed by atoms with Crippen molar-refractivity contribution in [3.8, 4) is 11.4 Å². The highest BCUT2D eigenvalue weighted by Crippen LogP contribution is 2.34. The van der Waals surface area contributed by atoms with Crippen LogP contribution in [0.3, 0.4) is 0 Å². The van der Waals surface area contributed by atoms with Gasteiger partial charge < -0.3 is 5.32 Å². The van der Waals surface area contributed by atoms with E-state index in [1.54, 1.807) is 19.2 Å². The largest absolute Gasteiger partial charge is 0.433 e. The van der Waals surface area contributed by atoms with E-state index in [2.05, 4.69) is 20.3 Å². The number of alkyl halides is 3. The lowest BCUT2D eigenvalue weighted by Gasteiger charge is -2.12. The van der Waals surface area contributed by atoms with E-state index in [-0.39, 0.29) is 17.9 Å². The molecule has 104 valence electrons. The second-order valence-electron chi connectivity index (χ2n) is 4.61. The van der Waals surface area contributed by atoms with Crippen molar-refractivity contribution in [2.45, 2.75) is 26.2 Å². The van der Waals surface area contributed by atoms with Gasteiger partial charge in [0.05, 0.1) is 5.69 Å². The van der Waals surface area contributed by atoms with Gasteiger partial charge >= 0.3 is 6.18 Å². The molecule has 0 unspecified atom stereocenters. The predicted molar refractivity (Wildman–Crippen MR) is 65.5 cm³/mol. The Morgan fingerprint density at radius 3 is 2.70 bits per heavy atom. The normalized spacial score (nSPS) is 14.4. The summed E-state index contributed by atoms with van der Waals surface area (Å²) in [5.41, 5.74) is 1.01. The van der Waals surface area contributed by atoms with Crippen molar-refractivity contribution in [2.75, 3.05) is 0 Å². The molecule has 1 aliphatic heterocycles. The fourth-order valence-electron chi connectivity index (χ4n) is 2.22. The molecule has 0 radical (unpaired) electrons. The maximum atomic E-state index is 13.1. The van der Waals surface area contributed by atoms with Gasteiger partial charge in [-0.25, -0.2) is 9.97 Å². The lowest BCUT2D eigenvalue weighted by atomic mass is 10.1. The van der Waals surface area contributed by atoms with Crippen LogP contribution in [0.5, 0.6) is 0 Å². The first-order valence-corrected chi connectivity index (χ1v) is 6.05. The number of pyridine rings is 1. The maximum Gasteiger partial charge on any atom is 0.433 e. The minimum absolute atomic E-state index is 0.0744. The number of hydrogen-bond donors (Lipinski definition) is 1. The first kappa shape index (κ1) is 13.0. The zero-order chi connectivity index (χ0) is 14.3. The molecule has 0 amide bonds. The fraction of sp³-hybridized carbons (Fsp3) is 0.308. The summed E-state index contributed by atoms with van der Waals surface area (Å²) < 4.78 is 39.3. The van der Waals surface area contributed by atoms with E-state index >= 15 is 0 Å². The van der Waals surface area contributed by atoms with E-state index in [4.69, 9.17) is 0 Å². The summed E-state index contributed by atoms with van der Waals surface area (Å²) in [6, 6.07) is 1.72. The third-order valence-electron chi connectivity index (χ3n) is 3.24. The van der Waals surface area contributed by atoms with Gasteiger partial charge in [0.2, 0.25) is 0 Å². The Labute approximate surface area is 113 Å². The van der Waals surface area contributed by atoms with Gasteiger partial charge in [-0.15, -0.1) is 0 Å². The van der Waals surface area contributed by atoms with Crippen LogP contribution < -0.4 is 5.32 Å². The van der Waals surface area contributed by atoms with Crippen LogP contribution >= 0.6 is 0 Å². The summed E-state index contributed by atoms with van der Waals surface area (Å²) in [5.74, 6) is 0.0744. The molecule has 0 bridgehead atoms. The molecule has 7 heteroatoms. The van der Waals surface area contributed by atoms with Crippen LogP contribution in [0.2, 0.25) is 0 Å². The van der Waals surface area contributed by atoms with Gasteiger partial charge in [0, 0.05) is 36.6 Å². The summed E-state index contributed by atoms with van der Waals surface area (Å²) in [6.07, 6.45) is -1.41. The van der Waals surface area contributed by atoms with Gasteiger partial charge in [-0.1, -0.05) is 0 Å². The second kappa shape index (κ2) is 4.52. The number of rotatable bonds is 1. The van der Waals surface area contributed by atoms with Crippen molar-refractivity contribution in [3.63, 3.8) is 0 Å². The Morgan fingerprint density at radius 1 is 1.20 bits per heavy atom. The van der Waals surface area contributed by atoms with E-state index in [0.717, 1.165) is 5.56 Å². The first-order valence-electron chi connectivity index (χ1n) is 6.05. The van der Waals surface area contributed by atoms with Crippen molar-refractivity contribution in [2.24, 2.45) is 0 Å². The minimum Gasteiger partial charge on any atom is -0.307 e. The molecular weight excluding hydrogens is 269 g/mol. The molecule has 4 nitrogen and oxygen atoms in total. The van der Waals surface area contributed by atoms with Gasteiger partial charge in [0.1, 0.15) is 0 Å². The number of halogens is 3. The number of aryl methyl sites for hydroxylation is 1. The Kier molecular flexibility index (Phi) is 2.93. The molecule has 1 aliphatic rings. The van der Waals surface area contributed by atoms with Gasteiger partial charge in [0.25, 0.3) is 0 Å². The summed E-state index contributed by atoms with van der Waals surface area (Å²) in [5, 5.41) is 2.88. The number of nitrogens with one attached hydrogen (secondary N) is 1. The summed E-state index contributed by atoms with van der Waals surface area (Å²) in [7, 11) is 0. The highest BCUT2D eigenvalue weighted by atomic mass is 19.4. The van der Waals surface area contributed by atoms with Crippen LogP contribution in [0.1, 0.15) is 22.5 Å². The maximum absolute atomic E-state index is 13.1. The molecule has 2 aromatic rings. The third-order valence-corrected chi connectivity index (χ3v) is 3.24. The highest BCUT2D eigenvalue weighted by Gasteiger charge is 2.38. The van der Waals surface area contributed by atoms with Gasteiger partial charge in [-0.2, -0.15) is 13.2 Å². The SMILES string of the molecule is Cc1ccncc1-c1nc2c(c(C(F)(F)F)n1)CNC2. The Balaban J connectivity index is 2.22. The molecule has 20 heavy (non-hydrogen) atoms. The standard InChI is InChI=1S/C13H11F3N4/c1-7-2-3-17-4-8(7)12-19-10-6-18-5-9(10)11(20-12)13(14,15)16/h2-4,18H,5-6H2,1H3. The molecule has 0 atom stereocenters. The second-order valence-corrected chi connectivity index (χ2v) is 4.61. The number of aromatic nitrogens is 3. The van der Waals surface area contributed by atoms with E-state index < -0.39 is 11.9 Å². The smallest absolute Gasteiger partial charge is 0.307 e. The van der Waals surface area contributed by atoms with Crippen LogP contribution in [-0.2, 0) is 19.3 Å². The minimum atomic E-state index is -4.48. The van der Waals surface area contributed by atoms with Gasteiger partial charge in [-0.05, 0) is 18.6 Å². The van der Waals surface area contributed by atoms with Crippen molar-refractivity contribution >= 4 is 0 Å². The Morgan fingerprint density at radius 2 is 2.00 bits per heavy atom. The summed E-state index contributed by atoms with van der Waals surface area (Å²) in [6.45, 7) is 2.27. The Bertz CT molecular complexity index is 667. The lowest BCUT2D eigenvalue weighted by molar-refractivity contribution is -0.141. The first-order chi connectivity index (χ1) is 9.47. The number of nitrogens with zero attached hydrogens (tertiary/aromatic N) is 3. The van der Waals surface area contributed by atoms with E-state index in [1.165, 1.54) is 6.20 Å². The molecule has 0 saturated carbocycles. The average Bonchev–Trinajstić information content (AvgIpc) is 2.85. The van der Waals surface area contributed by atoms with Crippen molar-refractivity contribution in [1.82, 2.24) is 20.3 Å². The molecule has 0 fully saturated rings. The molecule has 0 saturated heterocycles. The summed E-state index contributed by atoms with van der Waals surface area (Å²) in [4.78, 5) is 11.9. The van der Waals surface area contributed by atoms with E-state index in [0.29, 0.717) is 17.8 Å². The van der Waals surface area contributed by atoms with Crippen molar-refractivity contribution in [3.05, 3.63) is 41.0 Å². The zero-order valence-corrected chi connectivity index (χ0v) is 10.6. The molecular formula is C13H11F3N4. The Hall–Kier alpha value is -2.02. The van der Waals surface area contributed by atoms with Crippen LogP contribution in [-0.4, -0.2) is 15.0 Å². The van der Waals surface area contributed by atoms with Crippen LogP contribution in [0.4, 0.5) is 13.2 Å². The van der Waals surface area contributed by atoms with Crippen molar-refractivity contribution in [1.29, 1.82) is 0 Å². The molecule has 0 aromatic carbocycles. The van der Waals surface area contributed by atoms with Crippen LogP contribution in [0.25, 0.3) is 11.4 Å². The molecule has 3 rings (SSSR count). The predicted octanol–water partition coefficient (Wildman–Crippen LogP) is 2.47. The molecule has 0 spiro atoms. The van der Waals surface area contributed by atoms with E-state index in [9.17, 15) is 13.2 Å². The molecule has 3 heterocycles. The van der Waals surface area contributed by atoms with Crippen LogP contribution in [0, 0.1) is 6.92 Å². The van der Waals surface area contributed by atoms with Crippen LogP contribution in [0.15, 0.2) is 18.5 Å². The number of hydrogen-bond acceptors (Lipinski definition) is 4. The highest BCUT2D eigenvalue weighted by molar-refractivity contribution is 5.59. The molecule has 0 aliphatic carbocycles. The topological polar surface area (TPSA) is 50.7 Å². The quantitative estimate of drug-likeness (QED) is 0.872.